The molecule has 3 rings (SSSR count). The number of ketones is 1. The molecule has 0 N–H and O–H groups in total. The smallest absolute Gasteiger partial charge is 0.222 e. The van der Waals surface area contributed by atoms with E-state index in [9.17, 15) is 9.59 Å². The minimum absolute atomic E-state index is 0.0100. The van der Waals surface area contributed by atoms with Crippen LogP contribution in [0.1, 0.15) is 39.6 Å². The Hall–Kier alpha value is -2.73. The molecule has 0 aliphatic heterocycles. The Morgan fingerprint density at radius 3 is 2.61 bits per heavy atom. The van der Waals surface area contributed by atoms with Crippen LogP contribution in [-0.4, -0.2) is 35.3 Å². The van der Waals surface area contributed by atoms with Gasteiger partial charge >= 0.3 is 0 Å². The highest BCUT2D eigenvalue weighted by atomic mass is 32.1. The van der Waals surface area contributed by atoms with Crippen molar-refractivity contribution < 1.29 is 14.1 Å². The van der Waals surface area contributed by atoms with Gasteiger partial charge in [0.05, 0.1) is 4.88 Å². The number of hydrogen-bond acceptors (Lipinski definition) is 5. The predicted molar refractivity (Wildman–Crippen MR) is 111 cm³/mol. The zero-order valence-electron chi connectivity index (χ0n) is 16.2. The Bertz CT molecular complexity index is 930. The van der Waals surface area contributed by atoms with Gasteiger partial charge in [0.25, 0.3) is 0 Å². The van der Waals surface area contributed by atoms with E-state index < -0.39 is 0 Å². The van der Waals surface area contributed by atoms with Gasteiger partial charge in [-0.15, -0.1) is 11.3 Å². The molecule has 0 atom stereocenters. The van der Waals surface area contributed by atoms with E-state index in [4.69, 9.17) is 4.52 Å². The molecule has 2 aromatic heterocycles. The molecule has 0 aliphatic carbocycles. The maximum Gasteiger partial charge on any atom is 0.222 e. The summed E-state index contributed by atoms with van der Waals surface area (Å²) in [5.74, 6) is 0.835. The number of Topliss-reactive ketones (excluding diaryl/α,β-unsaturated/α-hetero) is 1. The van der Waals surface area contributed by atoms with Crippen LogP contribution in [0.25, 0.3) is 11.3 Å². The first kappa shape index (κ1) is 20.0. The molecule has 2 heterocycles. The summed E-state index contributed by atoms with van der Waals surface area (Å²) < 4.78 is 5.39. The molecule has 0 radical (unpaired) electrons. The topological polar surface area (TPSA) is 63.4 Å². The van der Waals surface area contributed by atoms with Crippen LogP contribution >= 0.6 is 11.3 Å². The molecule has 3 aromatic rings. The van der Waals surface area contributed by atoms with Crippen LogP contribution in [0.3, 0.4) is 0 Å². The first-order chi connectivity index (χ1) is 13.5. The van der Waals surface area contributed by atoms with E-state index in [2.05, 4.69) is 5.16 Å². The SMILES string of the molecule is Cc1ccc(C(=O)CCC(=O)N(C)CCCc2cc(-c3ccccc3)no2)s1. The second kappa shape index (κ2) is 9.46. The molecular formula is C22H24N2O3S. The van der Waals surface area contributed by atoms with Crippen molar-refractivity contribution in [2.45, 2.75) is 32.6 Å². The number of hydrogen-bond donors (Lipinski definition) is 0. The maximum atomic E-state index is 12.3. The lowest BCUT2D eigenvalue weighted by Gasteiger charge is -2.16. The second-order valence-corrected chi connectivity index (χ2v) is 8.08. The summed E-state index contributed by atoms with van der Waals surface area (Å²) >= 11 is 1.48. The standard InChI is InChI=1S/C22H24N2O3S/c1-16-10-12-21(28-16)20(25)11-13-22(26)24(2)14-6-9-18-15-19(23-27-18)17-7-4-3-5-8-17/h3-5,7-8,10,12,15H,6,9,11,13-14H2,1-2H3. The molecule has 0 saturated carbocycles. The van der Waals surface area contributed by atoms with Gasteiger partial charge in [0.2, 0.25) is 5.91 Å². The molecule has 0 unspecified atom stereocenters. The molecule has 1 aromatic carbocycles. The fourth-order valence-corrected chi connectivity index (χ4v) is 3.74. The van der Waals surface area contributed by atoms with Crippen molar-refractivity contribution in [3.63, 3.8) is 0 Å². The quantitative estimate of drug-likeness (QED) is 0.489. The molecule has 0 bridgehead atoms. The number of thiophene rings is 1. The van der Waals surface area contributed by atoms with Crippen molar-refractivity contribution in [3.8, 4) is 11.3 Å². The summed E-state index contributed by atoms with van der Waals surface area (Å²) in [5.41, 5.74) is 1.85. The Balaban J connectivity index is 1.40. The lowest BCUT2D eigenvalue weighted by atomic mass is 10.1. The molecule has 0 fully saturated rings. The lowest BCUT2D eigenvalue weighted by Crippen LogP contribution is -2.28. The van der Waals surface area contributed by atoms with Gasteiger partial charge in [0, 0.05) is 49.4 Å². The highest BCUT2D eigenvalue weighted by Crippen LogP contribution is 2.20. The molecule has 28 heavy (non-hydrogen) atoms. The van der Waals surface area contributed by atoms with Gasteiger partial charge < -0.3 is 9.42 Å². The van der Waals surface area contributed by atoms with Crippen LogP contribution in [0.5, 0.6) is 0 Å². The number of aryl methyl sites for hydroxylation is 2. The van der Waals surface area contributed by atoms with Gasteiger partial charge in [-0.25, -0.2) is 0 Å². The fraction of sp³-hybridized carbons (Fsp3) is 0.318. The zero-order valence-corrected chi connectivity index (χ0v) is 17.0. The van der Waals surface area contributed by atoms with Crippen LogP contribution in [0.15, 0.2) is 53.1 Å². The monoisotopic (exact) mass is 396 g/mol. The molecule has 6 heteroatoms. The van der Waals surface area contributed by atoms with Crippen LogP contribution in [0, 0.1) is 6.92 Å². The minimum Gasteiger partial charge on any atom is -0.361 e. The number of aromatic nitrogens is 1. The van der Waals surface area contributed by atoms with E-state index in [1.54, 1.807) is 11.9 Å². The van der Waals surface area contributed by atoms with Crippen LogP contribution in [0.2, 0.25) is 0 Å². The Kier molecular flexibility index (Phi) is 6.76. The highest BCUT2D eigenvalue weighted by Gasteiger charge is 2.14. The molecule has 0 saturated heterocycles. The largest absolute Gasteiger partial charge is 0.361 e. The molecule has 5 nitrogen and oxygen atoms in total. The number of carbonyl (C=O) groups is 2. The Labute approximate surface area is 169 Å². The van der Waals surface area contributed by atoms with Gasteiger partial charge in [0.15, 0.2) is 5.78 Å². The summed E-state index contributed by atoms with van der Waals surface area (Å²) in [6.07, 6.45) is 1.99. The van der Waals surface area contributed by atoms with Gasteiger partial charge in [0.1, 0.15) is 11.5 Å². The summed E-state index contributed by atoms with van der Waals surface area (Å²) in [7, 11) is 1.78. The van der Waals surface area contributed by atoms with Crippen molar-refractivity contribution in [2.24, 2.45) is 0 Å². The molecule has 1 amide bonds. The van der Waals surface area contributed by atoms with Gasteiger partial charge in [-0.1, -0.05) is 35.5 Å². The number of benzene rings is 1. The van der Waals surface area contributed by atoms with Crippen LogP contribution < -0.4 is 0 Å². The average molecular weight is 397 g/mol. The van der Waals surface area contributed by atoms with E-state index in [0.717, 1.165) is 33.2 Å². The molecule has 0 spiro atoms. The lowest BCUT2D eigenvalue weighted by molar-refractivity contribution is -0.129. The third-order valence-corrected chi connectivity index (χ3v) is 5.59. The van der Waals surface area contributed by atoms with Gasteiger partial charge in [-0.2, -0.15) is 0 Å². The van der Waals surface area contributed by atoms with E-state index >= 15 is 0 Å². The van der Waals surface area contributed by atoms with E-state index in [1.807, 2.05) is 55.5 Å². The molecule has 0 aliphatic rings. The zero-order chi connectivity index (χ0) is 19.9. The maximum absolute atomic E-state index is 12.3. The Morgan fingerprint density at radius 2 is 1.89 bits per heavy atom. The predicted octanol–water partition coefficient (Wildman–Crippen LogP) is 4.77. The highest BCUT2D eigenvalue weighted by molar-refractivity contribution is 7.14. The first-order valence-electron chi connectivity index (χ1n) is 9.37. The van der Waals surface area contributed by atoms with Crippen LogP contribution in [-0.2, 0) is 11.2 Å². The van der Waals surface area contributed by atoms with Crippen LogP contribution in [0.4, 0.5) is 0 Å². The molecule has 146 valence electrons. The third kappa shape index (κ3) is 5.39. The van der Waals surface area contributed by atoms with Gasteiger partial charge in [-0.05, 0) is 25.5 Å². The number of carbonyl (C=O) groups excluding carboxylic acids is 2. The van der Waals surface area contributed by atoms with Gasteiger partial charge in [-0.3, -0.25) is 9.59 Å². The number of rotatable bonds is 9. The average Bonchev–Trinajstić information content (AvgIpc) is 3.35. The Morgan fingerprint density at radius 1 is 1.11 bits per heavy atom. The van der Waals surface area contributed by atoms with Crippen molar-refractivity contribution in [2.75, 3.05) is 13.6 Å². The van der Waals surface area contributed by atoms with Crippen molar-refractivity contribution in [1.82, 2.24) is 10.1 Å². The summed E-state index contributed by atoms with van der Waals surface area (Å²) in [6.45, 7) is 2.59. The third-order valence-electron chi connectivity index (χ3n) is 4.55. The molecular weight excluding hydrogens is 372 g/mol. The van der Waals surface area contributed by atoms with E-state index in [1.165, 1.54) is 11.3 Å². The summed E-state index contributed by atoms with van der Waals surface area (Å²) in [4.78, 5) is 27.9. The van der Waals surface area contributed by atoms with Crippen molar-refractivity contribution in [3.05, 3.63) is 64.0 Å². The summed E-state index contributed by atoms with van der Waals surface area (Å²) in [5, 5.41) is 4.11. The normalized spacial score (nSPS) is 10.8. The van der Waals surface area contributed by atoms with Crippen molar-refractivity contribution >= 4 is 23.0 Å². The number of amides is 1. The minimum atomic E-state index is -0.0100. The number of nitrogens with zero attached hydrogens (tertiary/aromatic N) is 2. The second-order valence-electron chi connectivity index (χ2n) is 6.80. The van der Waals surface area contributed by atoms with E-state index in [-0.39, 0.29) is 24.5 Å². The first-order valence-corrected chi connectivity index (χ1v) is 10.2. The van der Waals surface area contributed by atoms with E-state index in [0.29, 0.717) is 13.0 Å². The summed E-state index contributed by atoms with van der Waals surface area (Å²) in [6, 6.07) is 15.6. The van der Waals surface area contributed by atoms with Crippen molar-refractivity contribution in [1.29, 1.82) is 0 Å². The fourth-order valence-electron chi connectivity index (χ4n) is 2.91.